The van der Waals surface area contributed by atoms with Crippen molar-refractivity contribution >= 4 is 6.03 Å². The molecule has 3 aromatic rings. The van der Waals surface area contributed by atoms with Crippen LogP contribution >= 0.6 is 0 Å². The summed E-state index contributed by atoms with van der Waals surface area (Å²) in [5.41, 5.74) is 3.77. The summed E-state index contributed by atoms with van der Waals surface area (Å²) in [6, 6.07) is 32.1. The number of urea groups is 1. The number of carbonyl (C=O) groups is 1. The summed E-state index contributed by atoms with van der Waals surface area (Å²) in [5.74, 6) is 0. The topological polar surface area (TPSA) is 26.8 Å². The fourth-order valence-electron chi connectivity index (χ4n) is 5.12. The molecule has 2 heterocycles. The molecule has 2 aliphatic rings. The first kappa shape index (κ1) is 20.8. The van der Waals surface area contributed by atoms with Crippen molar-refractivity contribution < 1.29 is 4.79 Å². The molecule has 0 aliphatic carbocycles. The van der Waals surface area contributed by atoms with E-state index >= 15 is 0 Å². The zero-order valence-corrected chi connectivity index (χ0v) is 18.5. The first-order valence-corrected chi connectivity index (χ1v) is 11.7. The summed E-state index contributed by atoms with van der Waals surface area (Å²) in [4.78, 5) is 20.3. The number of likely N-dealkylation sites (tertiary alicyclic amines) is 1. The third-order valence-corrected chi connectivity index (χ3v) is 6.86. The van der Waals surface area contributed by atoms with E-state index in [0.717, 1.165) is 39.0 Å². The van der Waals surface area contributed by atoms with Gasteiger partial charge in [-0.1, -0.05) is 91.0 Å². The Kier molecular flexibility index (Phi) is 6.22. The van der Waals surface area contributed by atoms with Crippen molar-refractivity contribution in [1.29, 1.82) is 0 Å². The predicted molar refractivity (Wildman–Crippen MR) is 128 cm³/mol. The van der Waals surface area contributed by atoms with Crippen LogP contribution in [0.15, 0.2) is 91.0 Å². The Morgan fingerprint density at radius 2 is 1.22 bits per heavy atom. The van der Waals surface area contributed by atoms with Gasteiger partial charge < -0.3 is 9.80 Å². The number of hydrogen-bond acceptors (Lipinski definition) is 2. The third-order valence-electron chi connectivity index (χ3n) is 6.86. The maximum Gasteiger partial charge on any atom is 0.321 e. The molecule has 164 valence electrons. The molecule has 1 atom stereocenters. The lowest BCUT2D eigenvalue weighted by Gasteiger charge is -2.36. The molecule has 0 N–H and O–H groups in total. The monoisotopic (exact) mass is 425 g/mol. The third kappa shape index (κ3) is 4.56. The number of carbonyl (C=O) groups excluding carboxylic acids is 1. The molecule has 1 unspecified atom stereocenters. The highest BCUT2D eigenvalue weighted by Crippen LogP contribution is 2.34. The molecular weight excluding hydrogens is 394 g/mol. The van der Waals surface area contributed by atoms with E-state index in [2.05, 4.69) is 81.4 Å². The maximum absolute atomic E-state index is 13.6. The van der Waals surface area contributed by atoms with Gasteiger partial charge in [-0.3, -0.25) is 4.90 Å². The van der Waals surface area contributed by atoms with E-state index in [9.17, 15) is 4.79 Å². The molecule has 0 bridgehead atoms. The van der Waals surface area contributed by atoms with Crippen LogP contribution in [0.3, 0.4) is 0 Å². The number of hydrogen-bond donors (Lipinski definition) is 0. The highest BCUT2D eigenvalue weighted by atomic mass is 16.2. The Hall–Kier alpha value is -3.11. The first-order chi connectivity index (χ1) is 15.8. The number of piperidine rings is 1. The SMILES string of the molecule is O=C1N(C2CCN(Cc3ccccc3)CC2)CC(c2ccccc2)N1Cc1ccccc1. The van der Waals surface area contributed by atoms with Crippen LogP contribution in [0, 0.1) is 0 Å². The van der Waals surface area contributed by atoms with Gasteiger partial charge in [0.2, 0.25) is 0 Å². The number of benzene rings is 3. The second-order valence-corrected chi connectivity index (χ2v) is 8.97. The zero-order valence-electron chi connectivity index (χ0n) is 18.5. The van der Waals surface area contributed by atoms with Crippen LogP contribution in [0.4, 0.5) is 4.79 Å². The molecule has 2 aliphatic heterocycles. The molecule has 32 heavy (non-hydrogen) atoms. The molecule has 0 spiro atoms. The molecule has 4 heteroatoms. The average molecular weight is 426 g/mol. The second-order valence-electron chi connectivity index (χ2n) is 8.97. The zero-order chi connectivity index (χ0) is 21.8. The van der Waals surface area contributed by atoms with Crippen LogP contribution in [0.25, 0.3) is 0 Å². The van der Waals surface area contributed by atoms with Crippen LogP contribution in [0.1, 0.15) is 35.6 Å². The molecule has 5 rings (SSSR count). The van der Waals surface area contributed by atoms with Crippen LogP contribution in [-0.2, 0) is 13.1 Å². The highest BCUT2D eigenvalue weighted by molar-refractivity contribution is 5.78. The molecule has 0 aromatic heterocycles. The molecule has 3 aromatic carbocycles. The van der Waals surface area contributed by atoms with Gasteiger partial charge >= 0.3 is 6.03 Å². The summed E-state index contributed by atoms with van der Waals surface area (Å²) >= 11 is 0. The fourth-order valence-corrected chi connectivity index (χ4v) is 5.12. The van der Waals surface area contributed by atoms with Crippen LogP contribution < -0.4 is 0 Å². The summed E-state index contributed by atoms with van der Waals surface area (Å²) in [6.07, 6.45) is 2.08. The Bertz CT molecular complexity index is 1000. The molecule has 4 nitrogen and oxygen atoms in total. The number of amides is 2. The van der Waals surface area contributed by atoms with Gasteiger partial charge in [0.25, 0.3) is 0 Å². The van der Waals surface area contributed by atoms with Crippen molar-refractivity contribution in [3.63, 3.8) is 0 Å². The fraction of sp³-hybridized carbons (Fsp3) is 0.321. The van der Waals surface area contributed by atoms with Crippen molar-refractivity contribution in [2.45, 2.75) is 38.0 Å². The summed E-state index contributed by atoms with van der Waals surface area (Å²) in [5, 5.41) is 0. The van der Waals surface area contributed by atoms with Gasteiger partial charge in [0, 0.05) is 38.8 Å². The summed E-state index contributed by atoms with van der Waals surface area (Å²) in [7, 11) is 0. The molecule has 2 amide bonds. The highest BCUT2D eigenvalue weighted by Gasteiger charge is 2.41. The van der Waals surface area contributed by atoms with E-state index in [0.29, 0.717) is 12.6 Å². The van der Waals surface area contributed by atoms with Gasteiger partial charge in [0.1, 0.15) is 0 Å². The quantitative estimate of drug-likeness (QED) is 0.534. The Labute approximate surface area is 191 Å². The normalized spacial score (nSPS) is 20.1. The molecule has 0 saturated carbocycles. The number of nitrogens with zero attached hydrogens (tertiary/aromatic N) is 3. The standard InChI is InChI=1S/C28H31N3O/c32-28-30(26-16-18-29(19-17-26)20-23-10-4-1-5-11-23)22-27(25-14-8-3-9-15-25)31(28)21-24-12-6-2-7-13-24/h1-15,26-27H,16-22H2. The van der Waals surface area contributed by atoms with Gasteiger partial charge in [-0.15, -0.1) is 0 Å². The van der Waals surface area contributed by atoms with Crippen LogP contribution in [0.5, 0.6) is 0 Å². The lowest BCUT2D eigenvalue weighted by atomic mass is 10.0. The van der Waals surface area contributed by atoms with Crippen molar-refractivity contribution in [3.8, 4) is 0 Å². The number of rotatable bonds is 6. The Balaban J connectivity index is 1.28. The Morgan fingerprint density at radius 1 is 0.688 bits per heavy atom. The van der Waals surface area contributed by atoms with Gasteiger partial charge in [0.15, 0.2) is 0 Å². The summed E-state index contributed by atoms with van der Waals surface area (Å²) in [6.45, 7) is 4.51. The largest absolute Gasteiger partial charge is 0.321 e. The van der Waals surface area contributed by atoms with Gasteiger partial charge in [-0.2, -0.15) is 0 Å². The van der Waals surface area contributed by atoms with Crippen molar-refractivity contribution in [2.24, 2.45) is 0 Å². The Morgan fingerprint density at radius 3 is 1.81 bits per heavy atom. The van der Waals surface area contributed by atoms with E-state index in [4.69, 9.17) is 0 Å². The van der Waals surface area contributed by atoms with Crippen molar-refractivity contribution in [2.75, 3.05) is 19.6 Å². The predicted octanol–water partition coefficient (Wildman–Crippen LogP) is 5.33. The van der Waals surface area contributed by atoms with E-state index in [-0.39, 0.29) is 12.1 Å². The maximum atomic E-state index is 13.6. The minimum atomic E-state index is 0.103. The van der Waals surface area contributed by atoms with Crippen LogP contribution in [-0.4, -0.2) is 46.4 Å². The van der Waals surface area contributed by atoms with Gasteiger partial charge in [-0.05, 0) is 29.5 Å². The van der Waals surface area contributed by atoms with E-state index in [1.165, 1.54) is 16.7 Å². The summed E-state index contributed by atoms with van der Waals surface area (Å²) < 4.78 is 0. The minimum Gasteiger partial charge on any atom is -0.319 e. The molecular formula is C28H31N3O. The van der Waals surface area contributed by atoms with Crippen molar-refractivity contribution in [3.05, 3.63) is 108 Å². The van der Waals surface area contributed by atoms with Crippen LogP contribution in [0.2, 0.25) is 0 Å². The van der Waals surface area contributed by atoms with E-state index < -0.39 is 0 Å². The van der Waals surface area contributed by atoms with Gasteiger partial charge in [-0.25, -0.2) is 4.79 Å². The molecule has 2 saturated heterocycles. The first-order valence-electron chi connectivity index (χ1n) is 11.7. The lowest BCUT2D eigenvalue weighted by molar-refractivity contribution is 0.126. The second kappa shape index (κ2) is 9.58. The smallest absolute Gasteiger partial charge is 0.319 e. The van der Waals surface area contributed by atoms with E-state index in [1.54, 1.807) is 0 Å². The lowest BCUT2D eigenvalue weighted by Crippen LogP contribution is -2.46. The average Bonchev–Trinajstić information content (AvgIpc) is 3.17. The molecule has 2 fully saturated rings. The minimum absolute atomic E-state index is 0.103. The van der Waals surface area contributed by atoms with Crippen molar-refractivity contribution in [1.82, 2.24) is 14.7 Å². The van der Waals surface area contributed by atoms with E-state index in [1.807, 2.05) is 24.3 Å². The van der Waals surface area contributed by atoms with Gasteiger partial charge in [0.05, 0.1) is 6.04 Å². The molecule has 0 radical (unpaired) electrons.